The molecule has 1 aromatic carbocycles. The summed E-state index contributed by atoms with van der Waals surface area (Å²) in [6, 6.07) is 3.43. The van der Waals surface area contributed by atoms with Crippen LogP contribution in [0.3, 0.4) is 0 Å². The highest BCUT2D eigenvalue weighted by Gasteiger charge is 2.37. The highest BCUT2D eigenvalue weighted by atomic mass is 79.9. The van der Waals surface area contributed by atoms with Gasteiger partial charge >= 0.3 is 5.97 Å². The summed E-state index contributed by atoms with van der Waals surface area (Å²) in [5.74, 6) is -0.701. The second-order valence-corrected chi connectivity index (χ2v) is 9.58. The Balaban J connectivity index is 1.89. The molecule has 2 heterocycles. The van der Waals surface area contributed by atoms with Crippen molar-refractivity contribution in [3.05, 3.63) is 22.2 Å². The number of hydrogen-bond donors (Lipinski definition) is 0. The van der Waals surface area contributed by atoms with Gasteiger partial charge in [0.1, 0.15) is 4.90 Å². The van der Waals surface area contributed by atoms with Crippen LogP contribution in [0.5, 0.6) is 0 Å². The van der Waals surface area contributed by atoms with E-state index in [1.54, 1.807) is 13.0 Å². The number of halogens is 1. The van der Waals surface area contributed by atoms with Gasteiger partial charge in [-0.2, -0.15) is 4.31 Å². The minimum absolute atomic E-state index is 0.147. The maximum absolute atomic E-state index is 13.3. The first-order valence-corrected chi connectivity index (χ1v) is 11.3. The molecular weight excluding hydrogens is 436 g/mol. The van der Waals surface area contributed by atoms with E-state index in [4.69, 9.17) is 4.74 Å². The van der Waals surface area contributed by atoms with Crippen molar-refractivity contribution in [2.24, 2.45) is 5.92 Å². The Hall–Kier alpha value is -1.45. The number of hydrogen-bond acceptors (Lipinski definition) is 5. The van der Waals surface area contributed by atoms with Gasteiger partial charge in [0.05, 0.1) is 18.2 Å². The third-order valence-corrected chi connectivity index (χ3v) is 7.43. The molecule has 0 saturated carbocycles. The normalized spacial score (nSPS) is 18.4. The van der Waals surface area contributed by atoms with E-state index in [2.05, 4.69) is 15.9 Å². The first-order valence-electron chi connectivity index (χ1n) is 9.03. The molecule has 0 unspecified atom stereocenters. The summed E-state index contributed by atoms with van der Waals surface area (Å²) in [6.45, 7) is 4.52. The van der Waals surface area contributed by atoms with Gasteiger partial charge in [0.15, 0.2) is 0 Å². The topological polar surface area (TPSA) is 84.0 Å². The van der Waals surface area contributed by atoms with Gasteiger partial charge in [-0.25, -0.2) is 8.42 Å². The van der Waals surface area contributed by atoms with Gasteiger partial charge in [0.2, 0.25) is 15.9 Å². The number of carbonyl (C=O) groups excluding carboxylic acids is 2. The summed E-state index contributed by atoms with van der Waals surface area (Å²) >= 11 is 3.39. The zero-order valence-electron chi connectivity index (χ0n) is 15.4. The molecule has 7 nitrogen and oxygen atoms in total. The van der Waals surface area contributed by atoms with Gasteiger partial charge in [0, 0.05) is 31.0 Å². The average Bonchev–Trinajstić information content (AvgIpc) is 3.05. The molecule has 0 aliphatic carbocycles. The van der Waals surface area contributed by atoms with Gasteiger partial charge < -0.3 is 9.64 Å². The first-order chi connectivity index (χ1) is 12.8. The minimum Gasteiger partial charge on any atom is -0.466 e. The molecule has 0 radical (unpaired) electrons. The van der Waals surface area contributed by atoms with Crippen molar-refractivity contribution in [1.29, 1.82) is 0 Å². The second-order valence-electron chi connectivity index (χ2n) is 6.76. The molecule has 27 heavy (non-hydrogen) atoms. The third-order valence-electron chi connectivity index (χ3n) is 5.07. The van der Waals surface area contributed by atoms with Gasteiger partial charge in [-0.1, -0.05) is 15.9 Å². The molecule has 1 saturated heterocycles. The monoisotopic (exact) mass is 458 g/mol. The number of nitrogens with zero attached hydrogens (tertiary/aromatic N) is 2. The van der Waals surface area contributed by atoms with E-state index in [1.165, 1.54) is 16.1 Å². The quantitative estimate of drug-likeness (QED) is 0.646. The summed E-state index contributed by atoms with van der Waals surface area (Å²) in [7, 11) is -3.78. The standard InChI is InChI=1S/C18H23BrN2O5S/c1-3-26-18(23)13-4-7-20(8-5-13)27(24,25)16-11-15(19)10-14-6-9-21(12(2)22)17(14)16/h10-11,13H,3-9H2,1-2H3. The summed E-state index contributed by atoms with van der Waals surface area (Å²) in [5, 5.41) is 0. The van der Waals surface area contributed by atoms with E-state index >= 15 is 0 Å². The molecule has 2 aliphatic rings. The van der Waals surface area contributed by atoms with Crippen LogP contribution in [0.4, 0.5) is 5.69 Å². The lowest BCUT2D eigenvalue weighted by molar-refractivity contribution is -0.149. The van der Waals surface area contributed by atoms with Crippen molar-refractivity contribution in [3.8, 4) is 0 Å². The molecule has 2 aliphatic heterocycles. The molecule has 0 atom stereocenters. The number of esters is 1. The van der Waals surface area contributed by atoms with Crippen LogP contribution in [0.2, 0.25) is 0 Å². The van der Waals surface area contributed by atoms with Crippen LogP contribution < -0.4 is 4.90 Å². The number of fused-ring (bicyclic) bond motifs is 1. The van der Waals surface area contributed by atoms with E-state index in [1.807, 2.05) is 6.07 Å². The Morgan fingerprint density at radius 3 is 2.48 bits per heavy atom. The van der Waals surface area contributed by atoms with Crippen molar-refractivity contribution in [3.63, 3.8) is 0 Å². The summed E-state index contributed by atoms with van der Waals surface area (Å²) in [5.41, 5.74) is 1.33. The number of anilines is 1. The molecule has 148 valence electrons. The number of rotatable bonds is 4. The van der Waals surface area contributed by atoms with E-state index in [-0.39, 0.29) is 35.8 Å². The molecule has 0 spiro atoms. The second kappa shape index (κ2) is 7.89. The van der Waals surface area contributed by atoms with Crippen molar-refractivity contribution in [2.75, 3.05) is 31.1 Å². The number of sulfonamides is 1. The van der Waals surface area contributed by atoms with E-state index < -0.39 is 10.0 Å². The highest BCUT2D eigenvalue weighted by molar-refractivity contribution is 9.10. The van der Waals surface area contributed by atoms with Crippen LogP contribution in [0.15, 0.2) is 21.5 Å². The molecule has 0 aromatic heterocycles. The molecule has 9 heteroatoms. The van der Waals surface area contributed by atoms with E-state index in [0.717, 1.165) is 5.56 Å². The molecule has 1 fully saturated rings. The molecule has 3 rings (SSSR count). The van der Waals surface area contributed by atoms with Crippen LogP contribution in [0.25, 0.3) is 0 Å². The van der Waals surface area contributed by atoms with Gasteiger partial charge in [0.25, 0.3) is 0 Å². The van der Waals surface area contributed by atoms with Crippen molar-refractivity contribution in [1.82, 2.24) is 4.31 Å². The fourth-order valence-electron chi connectivity index (χ4n) is 3.71. The van der Waals surface area contributed by atoms with Gasteiger partial charge in [-0.15, -0.1) is 0 Å². The maximum atomic E-state index is 13.3. The number of piperidine rings is 1. The lowest BCUT2D eigenvalue weighted by atomic mass is 9.98. The zero-order valence-corrected chi connectivity index (χ0v) is 17.8. The number of ether oxygens (including phenoxy) is 1. The Kier molecular flexibility index (Phi) is 5.93. The van der Waals surface area contributed by atoms with Gasteiger partial charge in [-0.3, -0.25) is 9.59 Å². The fraction of sp³-hybridized carbons (Fsp3) is 0.556. The summed E-state index contributed by atoms with van der Waals surface area (Å²) in [6.07, 6.45) is 1.50. The lowest BCUT2D eigenvalue weighted by Gasteiger charge is -2.31. The van der Waals surface area contributed by atoms with Crippen LogP contribution in [-0.2, 0) is 30.8 Å². The Labute approximate surface area is 167 Å². The molecular formula is C18H23BrN2O5S. The van der Waals surface area contributed by atoms with Crippen molar-refractivity contribution < 1.29 is 22.7 Å². The molecule has 1 amide bonds. The zero-order chi connectivity index (χ0) is 19.8. The molecule has 1 aromatic rings. The number of carbonyl (C=O) groups is 2. The van der Waals surface area contributed by atoms with Gasteiger partial charge in [-0.05, 0) is 43.9 Å². The average molecular weight is 459 g/mol. The van der Waals surface area contributed by atoms with Crippen molar-refractivity contribution in [2.45, 2.75) is 38.0 Å². The number of amides is 1. The van der Waals surface area contributed by atoms with Crippen LogP contribution in [-0.4, -0.2) is 50.8 Å². The van der Waals surface area contributed by atoms with E-state index in [0.29, 0.717) is 42.6 Å². The SMILES string of the molecule is CCOC(=O)C1CCN(S(=O)(=O)c2cc(Br)cc3c2N(C(C)=O)CC3)CC1. The lowest BCUT2D eigenvalue weighted by Crippen LogP contribution is -2.41. The Morgan fingerprint density at radius 2 is 1.89 bits per heavy atom. The minimum atomic E-state index is -3.78. The Morgan fingerprint density at radius 1 is 1.22 bits per heavy atom. The highest BCUT2D eigenvalue weighted by Crippen LogP contribution is 2.39. The predicted molar refractivity (Wildman–Crippen MR) is 104 cm³/mol. The largest absolute Gasteiger partial charge is 0.466 e. The van der Waals surface area contributed by atoms with E-state index in [9.17, 15) is 18.0 Å². The molecule has 0 N–H and O–H groups in total. The van der Waals surface area contributed by atoms with Crippen LogP contribution in [0, 0.1) is 5.92 Å². The van der Waals surface area contributed by atoms with Crippen LogP contribution >= 0.6 is 15.9 Å². The number of benzene rings is 1. The summed E-state index contributed by atoms with van der Waals surface area (Å²) in [4.78, 5) is 25.6. The smallest absolute Gasteiger partial charge is 0.309 e. The first kappa shape index (κ1) is 20.3. The summed E-state index contributed by atoms with van der Waals surface area (Å²) < 4.78 is 33.8. The Bertz CT molecular complexity index is 863. The van der Waals surface area contributed by atoms with Crippen molar-refractivity contribution >= 4 is 43.5 Å². The fourth-order valence-corrected chi connectivity index (χ4v) is 6.10. The molecule has 0 bridgehead atoms. The predicted octanol–water partition coefficient (Wildman–Crippen LogP) is 2.32. The third kappa shape index (κ3) is 3.90. The van der Waals surface area contributed by atoms with Crippen LogP contribution in [0.1, 0.15) is 32.3 Å². The maximum Gasteiger partial charge on any atom is 0.309 e.